The van der Waals surface area contributed by atoms with E-state index in [0.717, 1.165) is 11.1 Å². The number of amides is 1. The second kappa shape index (κ2) is 6.54. The Morgan fingerprint density at radius 2 is 2.25 bits per heavy atom. The van der Waals surface area contributed by atoms with Gasteiger partial charge >= 0.3 is 0 Å². The summed E-state index contributed by atoms with van der Waals surface area (Å²) in [6.45, 7) is 1.99. The number of nitrogens with zero attached hydrogens (tertiary/aromatic N) is 2. The molecule has 0 aliphatic carbocycles. The van der Waals surface area contributed by atoms with E-state index in [1.165, 1.54) is 11.8 Å². The highest BCUT2D eigenvalue weighted by atomic mass is 32.2. The maximum Gasteiger partial charge on any atom is 0.279 e. The number of aryl methyl sites for hydroxylation is 1. The summed E-state index contributed by atoms with van der Waals surface area (Å²) >= 11 is 1.30. The summed E-state index contributed by atoms with van der Waals surface area (Å²) in [5.74, 6) is 3.04. The number of benzene rings is 1. The average Bonchev–Trinajstić information content (AvgIpc) is 2.56. The van der Waals surface area contributed by atoms with E-state index < -0.39 is 0 Å². The van der Waals surface area contributed by atoms with Crippen LogP contribution in [-0.4, -0.2) is 21.2 Å². The first-order valence-electron chi connectivity index (χ1n) is 7.55. The minimum atomic E-state index is -0.311. The normalized spacial score (nSPS) is 16.2. The van der Waals surface area contributed by atoms with Crippen molar-refractivity contribution in [3.63, 3.8) is 0 Å². The molecule has 1 unspecified atom stereocenters. The number of rotatable bonds is 3. The molecule has 122 valence electrons. The van der Waals surface area contributed by atoms with Gasteiger partial charge in [0.2, 0.25) is 5.91 Å². The average molecular weight is 339 g/mol. The lowest BCUT2D eigenvalue weighted by Gasteiger charge is -2.27. The van der Waals surface area contributed by atoms with Crippen molar-refractivity contribution in [1.29, 1.82) is 0 Å². The van der Waals surface area contributed by atoms with Crippen molar-refractivity contribution in [2.75, 3.05) is 11.1 Å². The van der Waals surface area contributed by atoms with Crippen molar-refractivity contribution in [2.45, 2.75) is 24.4 Å². The molecule has 0 bridgehead atoms. The Balaban J connectivity index is 2.16. The number of carbonyl (C=O) groups is 1. The Hall–Kier alpha value is -2.52. The molecule has 3 rings (SSSR count). The molecule has 24 heavy (non-hydrogen) atoms. The standard InChI is InChI=1S/C18H17N3O2S/c1-4-8-24-18-20-17(23)15-13(12-7-5-6-11(2)9-12)10-14(22)19-16(15)21(18)3/h1,5-7,9,13H,8,10H2,2-3H3,(H,19,22). The van der Waals surface area contributed by atoms with E-state index in [9.17, 15) is 9.59 Å². The van der Waals surface area contributed by atoms with Crippen molar-refractivity contribution in [2.24, 2.45) is 7.05 Å². The molecule has 2 heterocycles. The number of hydrogen-bond donors (Lipinski definition) is 1. The van der Waals surface area contributed by atoms with Crippen molar-refractivity contribution >= 4 is 23.5 Å². The summed E-state index contributed by atoms with van der Waals surface area (Å²) in [4.78, 5) is 29.0. The van der Waals surface area contributed by atoms with E-state index in [1.807, 2.05) is 31.2 Å². The molecule has 1 amide bonds. The zero-order chi connectivity index (χ0) is 17.3. The zero-order valence-electron chi connectivity index (χ0n) is 13.5. The first-order valence-corrected chi connectivity index (χ1v) is 8.53. The van der Waals surface area contributed by atoms with Crippen molar-refractivity contribution in [3.05, 3.63) is 51.3 Å². The lowest BCUT2D eigenvalue weighted by atomic mass is 9.86. The Morgan fingerprint density at radius 1 is 1.46 bits per heavy atom. The van der Waals surface area contributed by atoms with Crippen molar-refractivity contribution in [3.8, 4) is 12.3 Å². The fraction of sp³-hybridized carbons (Fsp3) is 0.278. The van der Waals surface area contributed by atoms with Crippen LogP contribution >= 0.6 is 11.8 Å². The fourth-order valence-corrected chi connectivity index (χ4v) is 3.59. The molecule has 5 nitrogen and oxygen atoms in total. The molecular formula is C18H17N3O2S. The predicted octanol–water partition coefficient (Wildman–Crippen LogP) is 2.29. The predicted molar refractivity (Wildman–Crippen MR) is 95.3 cm³/mol. The van der Waals surface area contributed by atoms with Crippen LogP contribution in [0, 0.1) is 19.3 Å². The van der Waals surface area contributed by atoms with Crippen LogP contribution in [0.15, 0.2) is 34.2 Å². The molecule has 1 atom stereocenters. The van der Waals surface area contributed by atoms with Gasteiger partial charge in [-0.05, 0) is 12.5 Å². The van der Waals surface area contributed by atoms with Gasteiger partial charge in [-0.15, -0.1) is 6.42 Å². The molecule has 1 aliphatic heterocycles. The van der Waals surface area contributed by atoms with Crippen LogP contribution in [0.2, 0.25) is 0 Å². The van der Waals surface area contributed by atoms with Crippen LogP contribution in [0.3, 0.4) is 0 Å². The molecule has 0 saturated carbocycles. The summed E-state index contributed by atoms with van der Waals surface area (Å²) in [7, 11) is 1.78. The molecule has 2 aromatic rings. The first-order chi connectivity index (χ1) is 11.5. The summed E-state index contributed by atoms with van der Waals surface area (Å²) < 4.78 is 1.73. The van der Waals surface area contributed by atoms with Crippen LogP contribution in [0.25, 0.3) is 0 Å². The number of aromatic nitrogens is 2. The Labute approximate surface area is 144 Å². The summed E-state index contributed by atoms with van der Waals surface area (Å²) in [5.41, 5.74) is 2.27. The number of fused-ring (bicyclic) bond motifs is 1. The fourth-order valence-electron chi connectivity index (χ4n) is 2.94. The van der Waals surface area contributed by atoms with Crippen molar-refractivity contribution in [1.82, 2.24) is 9.55 Å². The smallest absolute Gasteiger partial charge is 0.279 e. The quantitative estimate of drug-likeness (QED) is 0.529. The second-order valence-electron chi connectivity index (χ2n) is 5.73. The second-order valence-corrected chi connectivity index (χ2v) is 6.68. The van der Waals surface area contributed by atoms with Gasteiger partial charge in [-0.1, -0.05) is 47.5 Å². The van der Waals surface area contributed by atoms with Gasteiger partial charge < -0.3 is 9.88 Å². The molecule has 0 radical (unpaired) electrons. The van der Waals surface area contributed by atoms with E-state index >= 15 is 0 Å². The molecule has 1 N–H and O–H groups in total. The van der Waals surface area contributed by atoms with E-state index in [-0.39, 0.29) is 23.8 Å². The van der Waals surface area contributed by atoms with Gasteiger partial charge in [0.1, 0.15) is 5.82 Å². The number of hydrogen-bond acceptors (Lipinski definition) is 4. The van der Waals surface area contributed by atoms with E-state index in [2.05, 4.69) is 16.2 Å². The SMILES string of the molecule is C#CCSc1nc(=O)c2c(n1C)NC(=O)CC2c1cccc(C)c1. The minimum absolute atomic E-state index is 0.108. The van der Waals surface area contributed by atoms with Gasteiger partial charge in [0.25, 0.3) is 5.56 Å². The highest BCUT2D eigenvalue weighted by Gasteiger charge is 2.32. The molecule has 1 aromatic heterocycles. The summed E-state index contributed by atoms with van der Waals surface area (Å²) in [6, 6.07) is 7.88. The number of carbonyl (C=O) groups excluding carboxylic acids is 1. The Kier molecular flexibility index (Phi) is 4.45. The number of thioether (sulfide) groups is 1. The highest BCUT2D eigenvalue weighted by Crippen LogP contribution is 2.35. The lowest BCUT2D eigenvalue weighted by Crippen LogP contribution is -2.33. The van der Waals surface area contributed by atoms with Gasteiger partial charge in [-0.25, -0.2) is 0 Å². The summed E-state index contributed by atoms with van der Waals surface area (Å²) in [6.07, 6.45) is 5.52. The molecule has 0 fully saturated rings. The monoisotopic (exact) mass is 339 g/mol. The molecule has 6 heteroatoms. The van der Waals surface area contributed by atoms with Gasteiger partial charge in [-0.3, -0.25) is 9.59 Å². The van der Waals surface area contributed by atoms with E-state index in [4.69, 9.17) is 6.42 Å². The first kappa shape index (κ1) is 16.3. The number of anilines is 1. The Morgan fingerprint density at radius 3 is 2.96 bits per heavy atom. The third-order valence-corrected chi connectivity index (χ3v) is 4.96. The number of nitrogens with one attached hydrogen (secondary N) is 1. The molecule has 0 spiro atoms. The largest absolute Gasteiger partial charge is 0.312 e. The molecule has 1 aliphatic rings. The Bertz CT molecular complexity index is 911. The maximum atomic E-state index is 12.6. The topological polar surface area (TPSA) is 64.0 Å². The van der Waals surface area contributed by atoms with Crippen LogP contribution in [0.4, 0.5) is 5.82 Å². The maximum absolute atomic E-state index is 12.6. The number of terminal acetylenes is 1. The molecule has 0 saturated heterocycles. The van der Waals surface area contributed by atoms with Gasteiger partial charge in [-0.2, -0.15) is 4.98 Å². The van der Waals surface area contributed by atoms with Crippen LogP contribution in [0.1, 0.15) is 29.0 Å². The van der Waals surface area contributed by atoms with Gasteiger partial charge in [0.05, 0.1) is 11.3 Å². The van der Waals surface area contributed by atoms with Crippen molar-refractivity contribution < 1.29 is 4.79 Å². The third kappa shape index (κ3) is 2.95. The highest BCUT2D eigenvalue weighted by molar-refractivity contribution is 7.99. The molecular weight excluding hydrogens is 322 g/mol. The zero-order valence-corrected chi connectivity index (χ0v) is 14.3. The van der Waals surface area contributed by atoms with Gasteiger partial charge in [0.15, 0.2) is 5.16 Å². The van der Waals surface area contributed by atoms with Crippen LogP contribution < -0.4 is 10.9 Å². The van der Waals surface area contributed by atoms with E-state index in [0.29, 0.717) is 22.3 Å². The minimum Gasteiger partial charge on any atom is -0.312 e. The van der Waals surface area contributed by atoms with Crippen LogP contribution in [0.5, 0.6) is 0 Å². The van der Waals surface area contributed by atoms with E-state index in [1.54, 1.807) is 11.6 Å². The third-order valence-electron chi connectivity index (χ3n) is 4.03. The van der Waals surface area contributed by atoms with Gasteiger partial charge in [0, 0.05) is 19.4 Å². The van der Waals surface area contributed by atoms with Crippen LogP contribution in [-0.2, 0) is 11.8 Å². The molecule has 1 aromatic carbocycles. The lowest BCUT2D eigenvalue weighted by molar-refractivity contribution is -0.116. The summed E-state index contributed by atoms with van der Waals surface area (Å²) in [5, 5.41) is 3.32.